The van der Waals surface area contributed by atoms with Crippen LogP contribution in [0.4, 0.5) is 5.69 Å². The second-order valence-corrected chi connectivity index (χ2v) is 7.25. The number of hydrogen-bond acceptors (Lipinski definition) is 4. The van der Waals surface area contributed by atoms with E-state index < -0.39 is 6.04 Å². The molecule has 2 amide bonds. The summed E-state index contributed by atoms with van der Waals surface area (Å²) in [4.78, 5) is 29.0. The molecule has 25 heavy (non-hydrogen) atoms. The minimum Gasteiger partial charge on any atom is -0.371 e. The van der Waals surface area contributed by atoms with Gasteiger partial charge in [0.2, 0.25) is 5.91 Å². The first-order valence-corrected chi connectivity index (χ1v) is 8.96. The molecule has 6 heteroatoms. The van der Waals surface area contributed by atoms with Crippen molar-refractivity contribution in [2.45, 2.75) is 44.3 Å². The van der Waals surface area contributed by atoms with Gasteiger partial charge in [-0.05, 0) is 49.4 Å². The molecule has 6 nitrogen and oxygen atoms in total. The van der Waals surface area contributed by atoms with Gasteiger partial charge in [0, 0.05) is 42.6 Å². The van der Waals surface area contributed by atoms with E-state index in [-0.39, 0.29) is 11.8 Å². The molecule has 0 saturated carbocycles. The summed E-state index contributed by atoms with van der Waals surface area (Å²) in [6.45, 7) is 6.20. The minimum absolute atomic E-state index is 0.0464. The van der Waals surface area contributed by atoms with Gasteiger partial charge in [0.05, 0.1) is 0 Å². The molecule has 1 aromatic rings. The zero-order chi connectivity index (χ0) is 17.6. The molecule has 2 saturated heterocycles. The van der Waals surface area contributed by atoms with E-state index in [0.717, 1.165) is 54.9 Å². The molecule has 3 N–H and O–H groups in total. The van der Waals surface area contributed by atoms with Crippen LogP contribution in [-0.4, -0.2) is 41.9 Å². The van der Waals surface area contributed by atoms with E-state index >= 15 is 0 Å². The van der Waals surface area contributed by atoms with Gasteiger partial charge in [-0.3, -0.25) is 9.59 Å². The summed E-state index contributed by atoms with van der Waals surface area (Å²) in [6.07, 6.45) is 3.35. The highest BCUT2D eigenvalue weighted by Gasteiger charge is 2.38. The topological polar surface area (TPSA) is 78.7 Å². The lowest BCUT2D eigenvalue weighted by Crippen LogP contribution is -2.49. The maximum absolute atomic E-state index is 12.7. The molecule has 3 aliphatic heterocycles. The number of allylic oxidation sites excluding steroid dienone is 1. The van der Waals surface area contributed by atoms with Crippen LogP contribution in [0.25, 0.3) is 0 Å². The predicted molar refractivity (Wildman–Crippen MR) is 96.0 cm³/mol. The summed E-state index contributed by atoms with van der Waals surface area (Å²) in [5.41, 5.74) is 9.58. The van der Waals surface area contributed by atoms with Crippen LogP contribution in [0.2, 0.25) is 0 Å². The van der Waals surface area contributed by atoms with Crippen LogP contribution in [0, 0.1) is 0 Å². The molecule has 0 aliphatic carbocycles. The molecule has 4 rings (SSSR count). The van der Waals surface area contributed by atoms with Gasteiger partial charge in [-0.15, -0.1) is 0 Å². The minimum atomic E-state index is -0.401. The number of nitrogens with two attached hydrogens (primary N) is 1. The average Bonchev–Trinajstić information content (AvgIpc) is 2.92. The highest BCUT2D eigenvalue weighted by Crippen LogP contribution is 2.31. The van der Waals surface area contributed by atoms with Crippen molar-refractivity contribution in [3.8, 4) is 0 Å². The van der Waals surface area contributed by atoms with Crippen molar-refractivity contribution >= 4 is 17.5 Å². The normalized spacial score (nSPS) is 24.5. The van der Waals surface area contributed by atoms with Crippen LogP contribution < -0.4 is 16.0 Å². The SMILES string of the molecule is C=C1CCC(N2Cc3cc(N4CCC(N)CC4)ccc3C2=O)C(=O)N1. The van der Waals surface area contributed by atoms with Gasteiger partial charge in [-0.1, -0.05) is 6.58 Å². The fourth-order valence-corrected chi connectivity index (χ4v) is 4.00. The number of rotatable bonds is 2. The van der Waals surface area contributed by atoms with Gasteiger partial charge in [-0.25, -0.2) is 0 Å². The summed E-state index contributed by atoms with van der Waals surface area (Å²) < 4.78 is 0. The largest absolute Gasteiger partial charge is 0.371 e. The third-order valence-corrected chi connectivity index (χ3v) is 5.52. The lowest BCUT2D eigenvalue weighted by atomic mass is 10.0. The Labute approximate surface area is 147 Å². The monoisotopic (exact) mass is 340 g/mol. The van der Waals surface area contributed by atoms with Crippen molar-refractivity contribution in [3.05, 3.63) is 41.6 Å². The van der Waals surface area contributed by atoms with Crippen molar-refractivity contribution in [1.29, 1.82) is 0 Å². The molecule has 2 fully saturated rings. The molecule has 3 aliphatic rings. The number of nitrogens with one attached hydrogen (secondary N) is 1. The van der Waals surface area contributed by atoms with Gasteiger partial charge in [0.1, 0.15) is 6.04 Å². The van der Waals surface area contributed by atoms with E-state index in [1.54, 1.807) is 4.90 Å². The zero-order valence-electron chi connectivity index (χ0n) is 14.3. The Balaban J connectivity index is 1.53. The Morgan fingerprint density at radius 2 is 1.92 bits per heavy atom. The molecular formula is C19H24N4O2. The Morgan fingerprint density at radius 1 is 1.16 bits per heavy atom. The van der Waals surface area contributed by atoms with Crippen LogP contribution in [0.5, 0.6) is 0 Å². The van der Waals surface area contributed by atoms with Crippen LogP contribution >= 0.6 is 0 Å². The quantitative estimate of drug-likeness (QED) is 0.852. The standard InChI is InChI=1S/C19H24N4O2/c1-12-2-5-17(18(24)21-12)23-11-13-10-15(3-4-16(13)19(23)25)22-8-6-14(20)7-9-22/h3-4,10,14,17H,1-2,5-9,11,20H2,(H,21,24). The predicted octanol–water partition coefficient (Wildman–Crippen LogP) is 1.36. The molecule has 1 unspecified atom stereocenters. The molecule has 0 radical (unpaired) electrons. The van der Waals surface area contributed by atoms with E-state index in [4.69, 9.17) is 5.73 Å². The molecule has 1 aromatic carbocycles. The summed E-state index contributed by atoms with van der Waals surface area (Å²) in [5.74, 6) is -0.169. The fraction of sp³-hybridized carbons (Fsp3) is 0.474. The van der Waals surface area contributed by atoms with Gasteiger partial charge in [0.15, 0.2) is 0 Å². The number of nitrogens with zero attached hydrogens (tertiary/aromatic N) is 2. The van der Waals surface area contributed by atoms with E-state index in [1.807, 2.05) is 12.1 Å². The van der Waals surface area contributed by atoms with Crippen molar-refractivity contribution in [3.63, 3.8) is 0 Å². The van der Waals surface area contributed by atoms with Gasteiger partial charge in [0.25, 0.3) is 5.91 Å². The number of piperidine rings is 2. The number of carbonyl (C=O) groups is 2. The lowest BCUT2D eigenvalue weighted by molar-refractivity contribution is -0.126. The Hall–Kier alpha value is -2.34. The van der Waals surface area contributed by atoms with Crippen molar-refractivity contribution in [2.75, 3.05) is 18.0 Å². The van der Waals surface area contributed by atoms with Gasteiger partial charge >= 0.3 is 0 Å². The maximum Gasteiger partial charge on any atom is 0.255 e. The lowest BCUT2D eigenvalue weighted by Gasteiger charge is -2.32. The number of benzene rings is 1. The third-order valence-electron chi connectivity index (χ3n) is 5.52. The summed E-state index contributed by atoms with van der Waals surface area (Å²) >= 11 is 0. The Bertz CT molecular complexity index is 737. The van der Waals surface area contributed by atoms with Crippen LogP contribution in [0.1, 0.15) is 41.6 Å². The second-order valence-electron chi connectivity index (χ2n) is 7.25. The van der Waals surface area contributed by atoms with Crippen LogP contribution in [0.3, 0.4) is 0 Å². The third kappa shape index (κ3) is 2.91. The van der Waals surface area contributed by atoms with Crippen molar-refractivity contribution < 1.29 is 9.59 Å². The van der Waals surface area contributed by atoms with Crippen molar-refractivity contribution in [1.82, 2.24) is 10.2 Å². The smallest absolute Gasteiger partial charge is 0.255 e. The van der Waals surface area contributed by atoms with Crippen LogP contribution in [0.15, 0.2) is 30.5 Å². The average molecular weight is 340 g/mol. The van der Waals surface area contributed by atoms with Crippen LogP contribution in [-0.2, 0) is 11.3 Å². The first-order valence-electron chi connectivity index (χ1n) is 8.96. The number of amides is 2. The summed E-state index contributed by atoms with van der Waals surface area (Å²) in [5, 5.41) is 2.77. The Kier molecular flexibility index (Phi) is 4.00. The zero-order valence-corrected chi connectivity index (χ0v) is 14.3. The fourth-order valence-electron chi connectivity index (χ4n) is 4.00. The highest BCUT2D eigenvalue weighted by atomic mass is 16.2. The number of hydrogen-bond donors (Lipinski definition) is 2. The molecule has 1 atom stereocenters. The summed E-state index contributed by atoms with van der Waals surface area (Å²) in [7, 11) is 0. The molecule has 0 spiro atoms. The second kappa shape index (κ2) is 6.19. The van der Waals surface area contributed by atoms with Gasteiger partial charge in [-0.2, -0.15) is 0 Å². The molecule has 3 heterocycles. The van der Waals surface area contributed by atoms with Gasteiger partial charge < -0.3 is 20.9 Å². The van der Waals surface area contributed by atoms with E-state index in [0.29, 0.717) is 19.0 Å². The molecule has 0 bridgehead atoms. The van der Waals surface area contributed by atoms with E-state index in [9.17, 15) is 9.59 Å². The molecular weight excluding hydrogens is 316 g/mol. The van der Waals surface area contributed by atoms with E-state index in [1.165, 1.54) is 0 Å². The first-order chi connectivity index (χ1) is 12.0. The van der Waals surface area contributed by atoms with Crippen molar-refractivity contribution in [2.24, 2.45) is 5.73 Å². The maximum atomic E-state index is 12.7. The Morgan fingerprint density at radius 3 is 2.64 bits per heavy atom. The summed E-state index contributed by atoms with van der Waals surface area (Å²) in [6, 6.07) is 5.91. The van der Waals surface area contributed by atoms with E-state index in [2.05, 4.69) is 22.9 Å². The number of carbonyl (C=O) groups excluding carboxylic acids is 2. The molecule has 0 aromatic heterocycles. The number of anilines is 1. The number of fused-ring (bicyclic) bond motifs is 1. The molecule has 132 valence electrons. The first kappa shape index (κ1) is 16.1. The highest BCUT2D eigenvalue weighted by molar-refractivity contribution is 6.01.